The number of hydrogen-bond acceptors (Lipinski definition) is 2. The van der Waals surface area contributed by atoms with Crippen LogP contribution in [-0.4, -0.2) is 18.4 Å². The van der Waals surface area contributed by atoms with Crippen molar-refractivity contribution in [1.82, 2.24) is 5.32 Å². The van der Waals surface area contributed by atoms with E-state index in [1.165, 1.54) is 0 Å². The Balaban J connectivity index is 1.69. The van der Waals surface area contributed by atoms with E-state index in [9.17, 15) is 9.59 Å². The lowest BCUT2D eigenvalue weighted by Crippen LogP contribution is -2.34. The van der Waals surface area contributed by atoms with E-state index in [2.05, 4.69) is 21.2 Å². The first-order valence-electron chi connectivity index (χ1n) is 8.38. The molecule has 1 N–H and O–H groups in total. The number of halogens is 1. The first-order chi connectivity index (χ1) is 12.0. The van der Waals surface area contributed by atoms with Gasteiger partial charge in [-0.2, -0.15) is 0 Å². The molecular weight excluding hydrogens is 380 g/mol. The van der Waals surface area contributed by atoms with Crippen LogP contribution in [0.25, 0.3) is 0 Å². The minimum Gasteiger partial charge on any atom is -0.349 e. The molecule has 0 bridgehead atoms. The molecule has 0 radical (unpaired) electrons. The van der Waals surface area contributed by atoms with Crippen LogP contribution in [0.1, 0.15) is 30.5 Å². The Morgan fingerprint density at radius 2 is 1.88 bits per heavy atom. The SMILES string of the molecule is Cc1ccccc1C(C)NC(=O)C1CC(=O)N(c2ccccc2Br)C1. The monoisotopic (exact) mass is 400 g/mol. The Hall–Kier alpha value is -2.14. The van der Waals surface area contributed by atoms with Gasteiger partial charge in [0, 0.05) is 17.4 Å². The zero-order valence-electron chi connectivity index (χ0n) is 14.3. The Morgan fingerprint density at radius 3 is 2.60 bits per heavy atom. The quantitative estimate of drug-likeness (QED) is 0.843. The molecular formula is C20H21BrN2O2. The molecule has 25 heavy (non-hydrogen) atoms. The number of hydrogen-bond donors (Lipinski definition) is 1. The van der Waals surface area contributed by atoms with Gasteiger partial charge in [-0.25, -0.2) is 0 Å². The van der Waals surface area contributed by atoms with Crippen molar-refractivity contribution in [1.29, 1.82) is 0 Å². The van der Waals surface area contributed by atoms with Crippen molar-refractivity contribution in [3.8, 4) is 0 Å². The van der Waals surface area contributed by atoms with Crippen molar-refractivity contribution in [2.24, 2.45) is 5.92 Å². The predicted molar refractivity (Wildman–Crippen MR) is 102 cm³/mol. The van der Waals surface area contributed by atoms with E-state index >= 15 is 0 Å². The number of anilines is 1. The van der Waals surface area contributed by atoms with Gasteiger partial charge in [-0.05, 0) is 53.0 Å². The summed E-state index contributed by atoms with van der Waals surface area (Å²) in [5.74, 6) is -0.416. The summed E-state index contributed by atoms with van der Waals surface area (Å²) in [5.41, 5.74) is 3.06. The average Bonchev–Trinajstić information content (AvgIpc) is 2.97. The van der Waals surface area contributed by atoms with E-state index in [0.717, 1.165) is 21.3 Å². The highest BCUT2D eigenvalue weighted by molar-refractivity contribution is 9.10. The molecule has 130 valence electrons. The zero-order valence-corrected chi connectivity index (χ0v) is 15.9. The van der Waals surface area contributed by atoms with Gasteiger partial charge in [0.25, 0.3) is 0 Å². The summed E-state index contributed by atoms with van der Waals surface area (Å²) in [6.07, 6.45) is 0.244. The Morgan fingerprint density at radius 1 is 1.20 bits per heavy atom. The van der Waals surface area contributed by atoms with Crippen molar-refractivity contribution < 1.29 is 9.59 Å². The summed E-state index contributed by atoms with van der Waals surface area (Å²) in [5, 5.41) is 3.06. The van der Waals surface area contributed by atoms with Crippen molar-refractivity contribution in [3.05, 3.63) is 64.1 Å². The number of nitrogens with zero attached hydrogens (tertiary/aromatic N) is 1. The third-order valence-corrected chi connectivity index (χ3v) is 5.32. The summed E-state index contributed by atoms with van der Waals surface area (Å²) < 4.78 is 0.859. The molecule has 2 atom stereocenters. The van der Waals surface area contributed by atoms with Crippen LogP contribution >= 0.6 is 15.9 Å². The molecule has 0 aromatic heterocycles. The van der Waals surface area contributed by atoms with E-state index in [1.807, 2.05) is 62.4 Å². The van der Waals surface area contributed by atoms with Crippen LogP contribution in [-0.2, 0) is 9.59 Å². The van der Waals surface area contributed by atoms with Crippen molar-refractivity contribution >= 4 is 33.4 Å². The molecule has 2 unspecified atom stereocenters. The molecule has 2 aromatic rings. The van der Waals surface area contributed by atoms with Gasteiger partial charge in [-0.1, -0.05) is 36.4 Å². The molecule has 1 saturated heterocycles. The van der Waals surface area contributed by atoms with Gasteiger partial charge in [-0.3, -0.25) is 9.59 Å². The van der Waals surface area contributed by atoms with E-state index in [1.54, 1.807) is 4.90 Å². The summed E-state index contributed by atoms with van der Waals surface area (Å²) >= 11 is 3.48. The number of rotatable bonds is 4. The molecule has 5 heteroatoms. The smallest absolute Gasteiger partial charge is 0.227 e. The van der Waals surface area contributed by atoms with E-state index in [-0.39, 0.29) is 30.2 Å². The molecule has 2 aromatic carbocycles. The topological polar surface area (TPSA) is 49.4 Å². The largest absolute Gasteiger partial charge is 0.349 e. The highest BCUT2D eigenvalue weighted by atomic mass is 79.9. The molecule has 3 rings (SSSR count). The van der Waals surface area contributed by atoms with Gasteiger partial charge in [-0.15, -0.1) is 0 Å². The van der Waals surface area contributed by atoms with Gasteiger partial charge in [0.05, 0.1) is 17.6 Å². The maximum atomic E-state index is 12.6. The van der Waals surface area contributed by atoms with Gasteiger partial charge < -0.3 is 10.2 Å². The normalized spacial score (nSPS) is 18.3. The van der Waals surface area contributed by atoms with Crippen molar-refractivity contribution in [2.75, 3.05) is 11.4 Å². The highest BCUT2D eigenvalue weighted by Gasteiger charge is 2.36. The Kier molecular flexibility index (Phi) is 5.23. The van der Waals surface area contributed by atoms with E-state index < -0.39 is 0 Å². The lowest BCUT2D eigenvalue weighted by atomic mass is 10.0. The first kappa shape index (κ1) is 17.7. The molecule has 0 aliphatic carbocycles. The van der Waals surface area contributed by atoms with Gasteiger partial charge >= 0.3 is 0 Å². The number of carbonyl (C=O) groups excluding carboxylic acids is 2. The molecule has 4 nitrogen and oxygen atoms in total. The number of para-hydroxylation sites is 1. The van der Waals surface area contributed by atoms with Gasteiger partial charge in [0.15, 0.2) is 0 Å². The third-order valence-electron chi connectivity index (χ3n) is 4.65. The lowest BCUT2D eigenvalue weighted by Gasteiger charge is -2.20. The van der Waals surface area contributed by atoms with Crippen molar-refractivity contribution in [3.63, 3.8) is 0 Å². The fraction of sp³-hybridized carbons (Fsp3) is 0.300. The minimum atomic E-state index is -0.328. The molecule has 1 fully saturated rings. The number of aryl methyl sites for hydroxylation is 1. The van der Waals surface area contributed by atoms with Gasteiger partial charge in [0.2, 0.25) is 11.8 Å². The first-order valence-corrected chi connectivity index (χ1v) is 9.17. The fourth-order valence-electron chi connectivity index (χ4n) is 3.27. The number of benzene rings is 2. The Bertz CT molecular complexity index is 806. The molecule has 0 spiro atoms. The second kappa shape index (κ2) is 7.40. The van der Waals surface area contributed by atoms with Crippen molar-refractivity contribution in [2.45, 2.75) is 26.3 Å². The maximum Gasteiger partial charge on any atom is 0.227 e. The van der Waals surface area contributed by atoms with Crippen LogP contribution in [0, 0.1) is 12.8 Å². The second-order valence-corrected chi connectivity index (χ2v) is 7.30. The zero-order chi connectivity index (χ0) is 18.0. The average molecular weight is 401 g/mol. The second-order valence-electron chi connectivity index (χ2n) is 6.44. The molecule has 0 saturated carbocycles. The standard InChI is InChI=1S/C20H21BrN2O2/c1-13-7-3-4-8-16(13)14(2)22-20(25)15-11-19(24)23(12-15)18-10-6-5-9-17(18)21/h3-10,14-15H,11-12H2,1-2H3,(H,22,25). The molecule has 2 amide bonds. The number of nitrogens with one attached hydrogen (secondary N) is 1. The van der Waals surface area contributed by atoms with Crippen LogP contribution < -0.4 is 10.2 Å². The van der Waals surface area contributed by atoms with Crippen LogP contribution in [0.2, 0.25) is 0 Å². The highest BCUT2D eigenvalue weighted by Crippen LogP contribution is 2.31. The van der Waals surface area contributed by atoms with Crippen LogP contribution in [0.15, 0.2) is 53.0 Å². The molecule has 1 aliphatic rings. The van der Waals surface area contributed by atoms with Gasteiger partial charge in [0.1, 0.15) is 0 Å². The van der Waals surface area contributed by atoms with Crippen LogP contribution in [0.4, 0.5) is 5.69 Å². The van der Waals surface area contributed by atoms with E-state index in [4.69, 9.17) is 0 Å². The van der Waals surface area contributed by atoms with Crippen LogP contribution in [0.3, 0.4) is 0 Å². The summed E-state index contributed by atoms with van der Waals surface area (Å²) in [6.45, 7) is 4.42. The van der Waals surface area contributed by atoms with Crippen LogP contribution in [0.5, 0.6) is 0 Å². The van der Waals surface area contributed by atoms with E-state index in [0.29, 0.717) is 6.54 Å². The maximum absolute atomic E-state index is 12.6. The third kappa shape index (κ3) is 3.76. The molecule has 1 heterocycles. The minimum absolute atomic E-state index is 0.0180. The summed E-state index contributed by atoms with van der Waals surface area (Å²) in [4.78, 5) is 26.7. The number of carbonyl (C=O) groups is 2. The molecule has 1 aliphatic heterocycles. The Labute approximate surface area is 156 Å². The fourth-order valence-corrected chi connectivity index (χ4v) is 3.77. The lowest BCUT2D eigenvalue weighted by molar-refractivity contribution is -0.126. The summed E-state index contributed by atoms with van der Waals surface area (Å²) in [7, 11) is 0. The number of amides is 2. The predicted octanol–water partition coefficient (Wildman–Crippen LogP) is 3.99. The summed E-state index contributed by atoms with van der Waals surface area (Å²) in [6, 6.07) is 15.5.